The summed E-state index contributed by atoms with van der Waals surface area (Å²) >= 11 is 0.878. The summed E-state index contributed by atoms with van der Waals surface area (Å²) in [6.07, 6.45) is -13.3. The molecule has 414 valence electrons. The van der Waals surface area contributed by atoms with Gasteiger partial charge in [0, 0.05) is 66.2 Å². The Morgan fingerprint density at radius 3 is 1.84 bits per heavy atom. The van der Waals surface area contributed by atoms with Crippen LogP contribution < -0.4 is 5.32 Å². The zero-order chi connectivity index (χ0) is 56.2. The molecule has 0 bridgehead atoms. The van der Waals surface area contributed by atoms with Crippen LogP contribution >= 0.6 is 11.8 Å². The van der Waals surface area contributed by atoms with E-state index in [1.807, 2.05) is 0 Å². The number of methoxy groups -OCH3 is 1. The Morgan fingerprint density at radius 1 is 0.720 bits per heavy atom. The summed E-state index contributed by atoms with van der Waals surface area (Å²) in [7, 11) is 0.913. The molecule has 0 spiro atoms. The summed E-state index contributed by atoms with van der Waals surface area (Å²) in [6.45, 7) is 19.9. The fraction of sp³-hybridized carbons (Fsp3) is 0.549. The third-order valence-electron chi connectivity index (χ3n) is 11.4. The first-order valence-electron chi connectivity index (χ1n) is 23.5. The number of carbonyl (C=O) groups excluding carboxylic acids is 9. The second kappa shape index (κ2) is 29.7. The van der Waals surface area contributed by atoms with Gasteiger partial charge in [0.1, 0.15) is 49.8 Å². The molecule has 1 aromatic rings. The highest BCUT2D eigenvalue weighted by Gasteiger charge is 2.66. The molecule has 24 heteroatoms. The molecule has 2 saturated heterocycles. The van der Waals surface area contributed by atoms with Gasteiger partial charge >= 0.3 is 35.8 Å². The van der Waals surface area contributed by atoms with E-state index >= 15 is 0 Å². The van der Waals surface area contributed by atoms with Crippen molar-refractivity contribution in [3.63, 3.8) is 0 Å². The van der Waals surface area contributed by atoms with Gasteiger partial charge in [-0.15, -0.1) is 19.7 Å². The Hall–Kier alpha value is -6.28. The van der Waals surface area contributed by atoms with Crippen LogP contribution in [0.25, 0.3) is 0 Å². The van der Waals surface area contributed by atoms with Crippen LogP contribution in [0.4, 0.5) is 0 Å². The van der Waals surface area contributed by atoms with Gasteiger partial charge in [-0.2, -0.15) is 0 Å². The fourth-order valence-electron chi connectivity index (χ4n) is 8.81. The molecule has 2 heterocycles. The van der Waals surface area contributed by atoms with Gasteiger partial charge in [0.05, 0.1) is 45.1 Å². The predicted octanol–water partition coefficient (Wildman–Crippen LogP) is 2.39. The SMILES string of the molecule is C=CCOC(=O)[C@@]1(Sc2ccccc2)C[C@H](OCC=C)[C@@H](N(C(C)=O)C(C)=O)[C@H]([C@H](OCC=C)[C@H](OCC=C)[C@@H](O)[C@]2(C(=O)OC)C[C@H](OC(C)=O)[C@@H](NC(C)=O)[C@H]([C@H](OC(C)=O)[C@@H](COC(C)=O)OC(C)=O)O2)O1. The second-order valence-electron chi connectivity index (χ2n) is 17.1. The first-order valence-corrected chi connectivity index (χ1v) is 24.3. The molecule has 1 aromatic carbocycles. The van der Waals surface area contributed by atoms with Crippen molar-refractivity contribution >= 4 is 65.3 Å². The van der Waals surface area contributed by atoms with Crippen molar-refractivity contribution in [2.45, 2.75) is 144 Å². The lowest BCUT2D eigenvalue weighted by molar-refractivity contribution is -0.284. The molecule has 0 aromatic heterocycles. The van der Waals surface area contributed by atoms with Crippen molar-refractivity contribution in [3.8, 4) is 0 Å². The molecule has 0 saturated carbocycles. The molecular weight excluding hydrogens is 1010 g/mol. The molecule has 2 fully saturated rings. The number of benzene rings is 1. The van der Waals surface area contributed by atoms with E-state index in [2.05, 4.69) is 31.6 Å². The summed E-state index contributed by atoms with van der Waals surface area (Å²) in [5.41, 5.74) is -2.93. The van der Waals surface area contributed by atoms with E-state index in [9.17, 15) is 48.3 Å². The molecule has 0 radical (unpaired) electrons. The van der Waals surface area contributed by atoms with Gasteiger partial charge in [-0.25, -0.2) is 9.59 Å². The molecule has 2 N–H and O–H groups in total. The fourth-order valence-corrected chi connectivity index (χ4v) is 10.0. The number of imide groups is 1. The van der Waals surface area contributed by atoms with E-state index in [-0.39, 0.29) is 13.2 Å². The lowest BCUT2D eigenvalue weighted by Crippen LogP contribution is -2.74. The molecule has 2 aliphatic heterocycles. The molecule has 2 aliphatic rings. The molecular formula is C51H68N2O21S. The largest absolute Gasteiger partial charge is 0.467 e. The highest BCUT2D eigenvalue weighted by Crippen LogP contribution is 2.48. The molecule has 75 heavy (non-hydrogen) atoms. The Kier molecular flexibility index (Phi) is 25.0. The van der Waals surface area contributed by atoms with Crippen LogP contribution in [0.15, 0.2) is 85.8 Å². The topological polar surface area (TPSA) is 291 Å². The average molecular weight is 1080 g/mol. The smallest absolute Gasteiger partial charge is 0.349 e. The van der Waals surface area contributed by atoms with Crippen molar-refractivity contribution in [3.05, 3.63) is 81.0 Å². The van der Waals surface area contributed by atoms with Crippen LogP contribution in [-0.4, -0.2) is 181 Å². The van der Waals surface area contributed by atoms with Gasteiger partial charge in [-0.1, -0.05) is 60.8 Å². The number of nitrogens with one attached hydrogen (secondary N) is 1. The van der Waals surface area contributed by atoms with E-state index in [4.69, 9.17) is 52.1 Å². The van der Waals surface area contributed by atoms with Crippen molar-refractivity contribution < 1.29 is 100 Å². The van der Waals surface area contributed by atoms with Crippen molar-refractivity contribution in [1.82, 2.24) is 10.2 Å². The molecule has 0 aliphatic carbocycles. The number of carbonyl (C=O) groups is 9. The van der Waals surface area contributed by atoms with E-state index in [1.54, 1.807) is 30.3 Å². The van der Waals surface area contributed by atoms with E-state index < -0.39 is 164 Å². The highest BCUT2D eigenvalue weighted by atomic mass is 32.2. The lowest BCUT2D eigenvalue weighted by Gasteiger charge is -2.54. The number of aliphatic hydroxyl groups excluding tert-OH is 1. The van der Waals surface area contributed by atoms with E-state index in [1.165, 1.54) is 24.3 Å². The number of hydrogen-bond acceptors (Lipinski definition) is 22. The Labute approximate surface area is 439 Å². The minimum Gasteiger partial charge on any atom is -0.467 e. The monoisotopic (exact) mass is 1080 g/mol. The molecule has 0 unspecified atom stereocenters. The summed E-state index contributed by atoms with van der Waals surface area (Å²) < 4.78 is 66.1. The third kappa shape index (κ3) is 16.9. The van der Waals surface area contributed by atoms with Crippen LogP contribution in [0.2, 0.25) is 0 Å². The maximum Gasteiger partial charge on any atom is 0.349 e. The van der Waals surface area contributed by atoms with Gasteiger partial charge in [0.25, 0.3) is 0 Å². The maximum absolute atomic E-state index is 14.9. The highest BCUT2D eigenvalue weighted by molar-refractivity contribution is 8.01. The van der Waals surface area contributed by atoms with Crippen molar-refractivity contribution in [1.29, 1.82) is 0 Å². The van der Waals surface area contributed by atoms with Crippen molar-refractivity contribution in [2.75, 3.05) is 40.1 Å². The number of thioether (sulfide) groups is 1. The zero-order valence-corrected chi connectivity index (χ0v) is 44.1. The standard InChI is InChI=1S/C51H68N2O21S/c1-13-22-65-38-27-51(49(63)68-25-16-4,75-36-20-18-17-19-21-36)74-44(41(38)53(30(6)55)31(7)56)45(66-23-14-2)46(67-24-15-3)47(61)50(48(62)64-12)26-37(70-33(9)58)40(52-29(5)54)43(73-50)42(72-35(11)60)39(71-34(10)59)28-69-32(8)57/h13-21,37-47,61H,1-4,22-28H2,5-12H3,(H,52,54)/t37-,38-,39+,40+,41+,42+,43+,44+,45-,46-,47+,50-,51-/m0/s1. The molecule has 3 rings (SSSR count). The summed E-state index contributed by atoms with van der Waals surface area (Å²) in [4.78, 5) is 120. The normalized spacial score (nSPS) is 25.1. The van der Waals surface area contributed by atoms with Gasteiger partial charge < -0.3 is 62.5 Å². The Balaban J connectivity index is 2.63. The first-order chi connectivity index (χ1) is 35.5. The van der Waals surface area contributed by atoms with Crippen LogP contribution in [0.5, 0.6) is 0 Å². The van der Waals surface area contributed by atoms with Gasteiger partial charge in [0.15, 0.2) is 17.8 Å². The summed E-state index contributed by atoms with van der Waals surface area (Å²) in [5, 5.41) is 16.0. The predicted molar refractivity (Wildman–Crippen MR) is 264 cm³/mol. The van der Waals surface area contributed by atoms with Crippen LogP contribution in [-0.2, 0) is 95.3 Å². The number of ether oxygens (including phenoxy) is 11. The third-order valence-corrected chi connectivity index (χ3v) is 12.7. The first kappa shape index (κ1) is 63.0. The van der Waals surface area contributed by atoms with E-state index in [0.717, 1.165) is 72.2 Å². The Bertz CT molecular complexity index is 2210. The minimum atomic E-state index is -2.93. The minimum absolute atomic E-state index is 0.217. The molecule has 23 nitrogen and oxygen atoms in total. The number of esters is 6. The van der Waals surface area contributed by atoms with Crippen molar-refractivity contribution in [2.24, 2.45) is 0 Å². The molecule has 13 atom stereocenters. The van der Waals surface area contributed by atoms with Gasteiger partial charge in [0.2, 0.25) is 22.7 Å². The molecule has 3 amide bonds. The van der Waals surface area contributed by atoms with Gasteiger partial charge in [-0.3, -0.25) is 38.5 Å². The van der Waals surface area contributed by atoms with Gasteiger partial charge in [-0.05, 0) is 12.1 Å². The van der Waals surface area contributed by atoms with Crippen LogP contribution in [0, 0.1) is 0 Å². The number of hydrogen-bond donors (Lipinski definition) is 2. The maximum atomic E-state index is 14.9. The van der Waals surface area contributed by atoms with E-state index in [0.29, 0.717) is 4.90 Å². The number of amides is 3. The lowest BCUT2D eigenvalue weighted by atomic mass is 9.76. The Morgan fingerprint density at radius 2 is 1.32 bits per heavy atom. The van der Waals surface area contributed by atoms with Crippen LogP contribution in [0.1, 0.15) is 61.3 Å². The quantitative estimate of drug-likeness (QED) is 0.0692. The number of aliphatic hydroxyl groups is 1. The number of nitrogens with zero attached hydrogens (tertiary/aromatic N) is 1. The second-order valence-corrected chi connectivity index (χ2v) is 18.4. The zero-order valence-electron chi connectivity index (χ0n) is 43.3. The number of rotatable bonds is 28. The summed E-state index contributed by atoms with van der Waals surface area (Å²) in [6, 6.07) is 5.24. The van der Waals surface area contributed by atoms with Crippen LogP contribution in [0.3, 0.4) is 0 Å². The average Bonchev–Trinajstić information content (AvgIpc) is 3.34. The summed E-state index contributed by atoms with van der Waals surface area (Å²) in [5.74, 6) is -8.78.